The molecule has 0 aromatic heterocycles. The Bertz CT molecular complexity index is 382. The fourth-order valence-corrected chi connectivity index (χ4v) is 1.27. The van der Waals surface area contributed by atoms with Gasteiger partial charge in [0.1, 0.15) is 5.82 Å². The van der Waals surface area contributed by atoms with Crippen LogP contribution in [0, 0.1) is 5.82 Å². The summed E-state index contributed by atoms with van der Waals surface area (Å²) >= 11 is 5.60. The molecular formula is C11H16ClFN2O. The predicted octanol–water partition coefficient (Wildman–Crippen LogP) is 2.90. The van der Waals surface area contributed by atoms with Crippen LogP contribution >= 0.6 is 11.6 Å². The number of nitrogen functional groups attached to an aromatic ring is 1. The molecule has 0 atom stereocenters. The van der Waals surface area contributed by atoms with Crippen molar-refractivity contribution in [2.75, 3.05) is 24.7 Å². The number of hydrogen-bond acceptors (Lipinski definition) is 3. The summed E-state index contributed by atoms with van der Waals surface area (Å²) < 4.78 is 18.4. The smallest absolute Gasteiger partial charge is 0.143 e. The van der Waals surface area contributed by atoms with Crippen LogP contribution in [0.25, 0.3) is 0 Å². The molecular weight excluding hydrogens is 231 g/mol. The van der Waals surface area contributed by atoms with Gasteiger partial charge in [0.25, 0.3) is 0 Å². The predicted molar refractivity (Wildman–Crippen MR) is 65.4 cm³/mol. The Morgan fingerprint density at radius 3 is 2.69 bits per heavy atom. The molecule has 3 N–H and O–H groups in total. The van der Waals surface area contributed by atoms with Crippen molar-refractivity contribution in [3.8, 4) is 0 Å². The molecule has 0 spiro atoms. The third kappa shape index (κ3) is 3.25. The van der Waals surface area contributed by atoms with E-state index in [2.05, 4.69) is 5.32 Å². The van der Waals surface area contributed by atoms with E-state index in [1.165, 1.54) is 12.1 Å². The van der Waals surface area contributed by atoms with E-state index in [9.17, 15) is 4.39 Å². The van der Waals surface area contributed by atoms with E-state index in [0.717, 1.165) is 0 Å². The monoisotopic (exact) mass is 246 g/mol. The minimum Gasteiger partial charge on any atom is -0.397 e. The first-order chi connectivity index (χ1) is 7.35. The van der Waals surface area contributed by atoms with Gasteiger partial charge in [-0.05, 0) is 19.9 Å². The van der Waals surface area contributed by atoms with Crippen LogP contribution in [0.2, 0.25) is 5.02 Å². The molecule has 0 unspecified atom stereocenters. The highest BCUT2D eigenvalue weighted by molar-refractivity contribution is 6.31. The summed E-state index contributed by atoms with van der Waals surface area (Å²) in [6, 6.07) is 2.67. The average molecular weight is 247 g/mol. The van der Waals surface area contributed by atoms with Gasteiger partial charge in [0.05, 0.1) is 22.0 Å². The Morgan fingerprint density at radius 2 is 2.12 bits per heavy atom. The topological polar surface area (TPSA) is 47.3 Å². The Morgan fingerprint density at radius 1 is 1.50 bits per heavy atom. The zero-order chi connectivity index (χ0) is 12.3. The molecule has 5 heteroatoms. The molecule has 0 saturated heterocycles. The highest BCUT2D eigenvalue weighted by Gasteiger charge is 2.16. The number of hydrogen-bond donors (Lipinski definition) is 2. The highest BCUT2D eigenvalue weighted by Crippen LogP contribution is 2.26. The van der Waals surface area contributed by atoms with Crippen molar-refractivity contribution in [2.45, 2.75) is 19.4 Å². The van der Waals surface area contributed by atoms with Crippen molar-refractivity contribution in [3.05, 3.63) is 23.0 Å². The highest BCUT2D eigenvalue weighted by atomic mass is 35.5. The first-order valence-electron chi connectivity index (χ1n) is 4.89. The van der Waals surface area contributed by atoms with E-state index in [1.54, 1.807) is 7.11 Å². The average Bonchev–Trinajstić information content (AvgIpc) is 2.22. The van der Waals surface area contributed by atoms with Crippen molar-refractivity contribution in [2.24, 2.45) is 0 Å². The van der Waals surface area contributed by atoms with Gasteiger partial charge < -0.3 is 15.8 Å². The lowest BCUT2D eigenvalue weighted by Crippen LogP contribution is -2.32. The summed E-state index contributed by atoms with van der Waals surface area (Å²) in [6.07, 6.45) is 0. The first kappa shape index (κ1) is 13.1. The van der Waals surface area contributed by atoms with Crippen molar-refractivity contribution < 1.29 is 9.13 Å². The summed E-state index contributed by atoms with van der Waals surface area (Å²) in [5, 5.41) is 3.05. The molecule has 0 fully saturated rings. The molecule has 0 saturated carbocycles. The fraction of sp³-hybridized carbons (Fsp3) is 0.455. The molecule has 0 amide bonds. The zero-order valence-corrected chi connectivity index (χ0v) is 10.4. The minimum absolute atomic E-state index is 0.0223. The van der Waals surface area contributed by atoms with Crippen LogP contribution in [0.5, 0.6) is 0 Å². The van der Waals surface area contributed by atoms with E-state index in [4.69, 9.17) is 22.1 Å². The molecule has 0 radical (unpaired) electrons. The van der Waals surface area contributed by atoms with E-state index in [0.29, 0.717) is 17.9 Å². The molecule has 1 rings (SSSR count). The minimum atomic E-state index is -0.492. The number of halogens is 2. The Kier molecular flexibility index (Phi) is 3.99. The summed E-state index contributed by atoms with van der Waals surface area (Å²) in [5.41, 5.74) is 6.30. The number of rotatable bonds is 4. The maximum absolute atomic E-state index is 13.2. The molecule has 1 aromatic rings. The second-order valence-corrected chi connectivity index (χ2v) is 4.58. The van der Waals surface area contributed by atoms with E-state index in [-0.39, 0.29) is 10.6 Å². The SMILES string of the molecule is COC(C)(C)CNc1cc(F)c(Cl)cc1N. The lowest BCUT2D eigenvalue weighted by molar-refractivity contribution is 0.0344. The summed E-state index contributed by atoms with van der Waals surface area (Å²) in [5.74, 6) is -0.492. The molecule has 90 valence electrons. The molecule has 3 nitrogen and oxygen atoms in total. The molecule has 0 bridgehead atoms. The summed E-state index contributed by atoms with van der Waals surface area (Å²) in [4.78, 5) is 0. The fourth-order valence-electron chi connectivity index (χ4n) is 1.10. The first-order valence-corrected chi connectivity index (χ1v) is 5.27. The van der Waals surface area contributed by atoms with Crippen molar-refractivity contribution in [1.29, 1.82) is 0 Å². The third-order valence-corrected chi connectivity index (χ3v) is 2.64. The van der Waals surface area contributed by atoms with Gasteiger partial charge in [-0.15, -0.1) is 0 Å². The number of ether oxygens (including phenoxy) is 1. The van der Waals surface area contributed by atoms with Crippen LogP contribution in [-0.4, -0.2) is 19.3 Å². The van der Waals surface area contributed by atoms with Gasteiger partial charge in [-0.2, -0.15) is 0 Å². The zero-order valence-electron chi connectivity index (χ0n) is 9.60. The van der Waals surface area contributed by atoms with Crippen LogP contribution in [0.3, 0.4) is 0 Å². The number of benzene rings is 1. The van der Waals surface area contributed by atoms with Crippen molar-refractivity contribution >= 4 is 23.0 Å². The Labute approximate surface area is 99.7 Å². The van der Waals surface area contributed by atoms with Gasteiger partial charge in [0.15, 0.2) is 0 Å². The normalized spacial score (nSPS) is 11.6. The van der Waals surface area contributed by atoms with Gasteiger partial charge in [0, 0.05) is 19.7 Å². The van der Waals surface area contributed by atoms with E-state index < -0.39 is 5.82 Å². The molecule has 1 aromatic carbocycles. The molecule has 0 aliphatic carbocycles. The van der Waals surface area contributed by atoms with E-state index in [1.807, 2.05) is 13.8 Å². The maximum atomic E-state index is 13.2. The molecule has 0 heterocycles. The summed E-state index contributed by atoms with van der Waals surface area (Å²) in [6.45, 7) is 4.36. The van der Waals surface area contributed by atoms with Gasteiger partial charge in [0.2, 0.25) is 0 Å². The number of nitrogens with one attached hydrogen (secondary N) is 1. The number of nitrogens with two attached hydrogens (primary N) is 1. The Balaban J connectivity index is 2.79. The van der Waals surface area contributed by atoms with Gasteiger partial charge in [-0.25, -0.2) is 4.39 Å². The summed E-state index contributed by atoms with van der Waals surface area (Å²) in [7, 11) is 1.62. The molecule has 16 heavy (non-hydrogen) atoms. The number of methoxy groups -OCH3 is 1. The van der Waals surface area contributed by atoms with Gasteiger partial charge >= 0.3 is 0 Å². The van der Waals surface area contributed by atoms with Crippen molar-refractivity contribution in [1.82, 2.24) is 0 Å². The second kappa shape index (κ2) is 4.89. The van der Waals surface area contributed by atoms with Crippen molar-refractivity contribution in [3.63, 3.8) is 0 Å². The van der Waals surface area contributed by atoms with Crippen LogP contribution in [0.1, 0.15) is 13.8 Å². The number of anilines is 2. The largest absolute Gasteiger partial charge is 0.397 e. The molecule has 0 aliphatic heterocycles. The van der Waals surface area contributed by atoms with Crippen LogP contribution in [-0.2, 0) is 4.74 Å². The van der Waals surface area contributed by atoms with Gasteiger partial charge in [-0.3, -0.25) is 0 Å². The van der Waals surface area contributed by atoms with Crippen LogP contribution < -0.4 is 11.1 Å². The standard InChI is InChI=1S/C11H16ClFN2O/c1-11(2,16-3)6-15-10-5-8(13)7(12)4-9(10)14/h4-5,15H,6,14H2,1-3H3. The third-order valence-electron chi connectivity index (χ3n) is 2.35. The lowest BCUT2D eigenvalue weighted by atomic mass is 10.1. The Hall–Kier alpha value is -1.00. The molecule has 0 aliphatic rings. The van der Waals surface area contributed by atoms with Crippen LogP contribution in [0.4, 0.5) is 15.8 Å². The van der Waals surface area contributed by atoms with Gasteiger partial charge in [-0.1, -0.05) is 11.6 Å². The second-order valence-electron chi connectivity index (χ2n) is 4.17. The quantitative estimate of drug-likeness (QED) is 0.803. The lowest BCUT2D eigenvalue weighted by Gasteiger charge is -2.24. The maximum Gasteiger partial charge on any atom is 0.143 e. The van der Waals surface area contributed by atoms with Crippen LogP contribution in [0.15, 0.2) is 12.1 Å². The van der Waals surface area contributed by atoms with E-state index >= 15 is 0 Å².